The van der Waals surface area contributed by atoms with Crippen molar-refractivity contribution in [3.63, 3.8) is 0 Å². The average molecular weight is 330 g/mol. The zero-order valence-electron chi connectivity index (χ0n) is 13.0. The molecule has 0 saturated heterocycles. The maximum absolute atomic E-state index is 12.4. The van der Waals surface area contributed by atoms with Crippen LogP contribution in [0.15, 0.2) is 48.5 Å². The Balaban J connectivity index is 2.20. The first-order valence-electron chi connectivity index (χ1n) is 7.15. The van der Waals surface area contributed by atoms with Gasteiger partial charge >= 0.3 is 5.97 Å². The van der Waals surface area contributed by atoms with Gasteiger partial charge in [-0.1, -0.05) is 42.5 Å². The molecule has 5 heteroatoms. The summed E-state index contributed by atoms with van der Waals surface area (Å²) in [6.45, 7) is 3.84. The van der Waals surface area contributed by atoms with E-state index in [-0.39, 0.29) is 11.5 Å². The van der Waals surface area contributed by atoms with Crippen LogP contribution >= 0.6 is 0 Å². The lowest BCUT2D eigenvalue weighted by molar-refractivity contribution is -0.136. The zero-order chi connectivity index (χ0) is 17.0. The minimum atomic E-state index is -1.83. The maximum atomic E-state index is 12.4. The monoisotopic (exact) mass is 330 g/mol. The minimum Gasteiger partial charge on any atom is -0.480 e. The summed E-state index contributed by atoms with van der Waals surface area (Å²) < 4.78 is 12.4. The fourth-order valence-electron chi connectivity index (χ4n) is 2.25. The Morgan fingerprint density at radius 3 is 2.26 bits per heavy atom. The first kappa shape index (κ1) is 17.1. The number of rotatable bonds is 6. The van der Waals surface area contributed by atoms with Crippen molar-refractivity contribution < 1.29 is 18.9 Å². The number of Topliss-reactive ketones (excluding diaryl/α,β-unsaturated/α-hetero) is 1. The van der Waals surface area contributed by atoms with E-state index in [1.165, 1.54) is 0 Å². The van der Waals surface area contributed by atoms with Gasteiger partial charge in [0.2, 0.25) is 0 Å². The highest BCUT2D eigenvalue weighted by atomic mass is 32.2. The van der Waals surface area contributed by atoms with E-state index in [0.29, 0.717) is 11.1 Å². The molecule has 120 valence electrons. The molecule has 0 bridgehead atoms. The molecule has 0 aliphatic heterocycles. The van der Waals surface area contributed by atoms with Crippen molar-refractivity contribution in [2.45, 2.75) is 19.1 Å². The van der Waals surface area contributed by atoms with E-state index < -0.39 is 22.0 Å². The van der Waals surface area contributed by atoms with Crippen LogP contribution in [0, 0.1) is 13.8 Å². The molecule has 23 heavy (non-hydrogen) atoms. The molecule has 2 aromatic rings. The number of aliphatic carboxylic acids is 1. The second-order valence-corrected chi connectivity index (χ2v) is 6.90. The molecule has 4 nitrogen and oxygen atoms in total. The molecule has 0 heterocycles. The zero-order valence-corrected chi connectivity index (χ0v) is 13.8. The molecule has 1 N–H and O–H groups in total. The van der Waals surface area contributed by atoms with Crippen LogP contribution in [0.5, 0.6) is 0 Å². The Bertz CT molecular complexity index is 753. The van der Waals surface area contributed by atoms with Crippen LogP contribution in [0.1, 0.15) is 32.3 Å². The minimum absolute atomic E-state index is 0.311. The SMILES string of the molecule is Cc1ccc(C(=O)CS(=O)C(C(=O)O)c2ccccc2)cc1C. The van der Waals surface area contributed by atoms with E-state index in [4.69, 9.17) is 0 Å². The molecule has 0 aliphatic rings. The van der Waals surface area contributed by atoms with Crippen molar-refractivity contribution in [2.75, 3.05) is 5.75 Å². The summed E-state index contributed by atoms with van der Waals surface area (Å²) in [4.78, 5) is 23.7. The average Bonchev–Trinajstić information content (AvgIpc) is 2.50. The van der Waals surface area contributed by atoms with E-state index in [0.717, 1.165) is 11.1 Å². The van der Waals surface area contributed by atoms with Crippen LogP contribution in [0.25, 0.3) is 0 Å². The predicted octanol–water partition coefficient (Wildman–Crippen LogP) is 3.06. The third-order valence-corrected chi connectivity index (χ3v) is 5.24. The smallest absolute Gasteiger partial charge is 0.323 e. The highest BCUT2D eigenvalue weighted by Crippen LogP contribution is 2.21. The van der Waals surface area contributed by atoms with E-state index in [1.807, 2.05) is 19.9 Å². The Hall–Kier alpha value is -2.27. The summed E-state index contributed by atoms with van der Waals surface area (Å²) in [6.07, 6.45) is 0. The van der Waals surface area contributed by atoms with Crippen molar-refractivity contribution >= 4 is 22.6 Å². The largest absolute Gasteiger partial charge is 0.480 e. The topological polar surface area (TPSA) is 71.4 Å². The second-order valence-electron chi connectivity index (χ2n) is 5.38. The van der Waals surface area contributed by atoms with Gasteiger partial charge in [-0.3, -0.25) is 13.8 Å². The summed E-state index contributed by atoms with van der Waals surface area (Å²) in [5.74, 6) is -1.81. The molecule has 0 fully saturated rings. The van der Waals surface area contributed by atoms with E-state index in [1.54, 1.807) is 42.5 Å². The Morgan fingerprint density at radius 1 is 1.04 bits per heavy atom. The first-order chi connectivity index (χ1) is 10.9. The third-order valence-electron chi connectivity index (χ3n) is 3.69. The fraction of sp³-hybridized carbons (Fsp3) is 0.222. The molecule has 0 radical (unpaired) electrons. The van der Waals surface area contributed by atoms with E-state index in [2.05, 4.69) is 0 Å². The van der Waals surface area contributed by atoms with Crippen molar-refractivity contribution in [1.29, 1.82) is 0 Å². The van der Waals surface area contributed by atoms with Crippen LogP contribution in [0.4, 0.5) is 0 Å². The number of hydrogen-bond acceptors (Lipinski definition) is 3. The summed E-state index contributed by atoms with van der Waals surface area (Å²) in [5, 5.41) is 8.15. The van der Waals surface area contributed by atoms with Gasteiger partial charge in [0.25, 0.3) is 0 Å². The lowest BCUT2D eigenvalue weighted by Crippen LogP contribution is -2.23. The van der Waals surface area contributed by atoms with Gasteiger partial charge in [0, 0.05) is 16.4 Å². The summed E-state index contributed by atoms with van der Waals surface area (Å²) in [7, 11) is -1.83. The van der Waals surface area contributed by atoms with Crippen LogP contribution in [0.2, 0.25) is 0 Å². The fourth-order valence-corrected chi connectivity index (χ4v) is 3.52. The summed E-state index contributed by atoms with van der Waals surface area (Å²) >= 11 is 0. The Labute approximate surface area is 137 Å². The number of carbonyl (C=O) groups is 2. The van der Waals surface area contributed by atoms with Crippen LogP contribution in [-0.2, 0) is 15.6 Å². The van der Waals surface area contributed by atoms with Gasteiger partial charge in [-0.15, -0.1) is 0 Å². The molecule has 0 amide bonds. The summed E-state index contributed by atoms with van der Waals surface area (Å²) in [6, 6.07) is 13.6. The maximum Gasteiger partial charge on any atom is 0.323 e. The van der Waals surface area contributed by atoms with Crippen LogP contribution in [-0.4, -0.2) is 26.8 Å². The first-order valence-corrected chi connectivity index (χ1v) is 8.53. The van der Waals surface area contributed by atoms with Crippen molar-refractivity contribution in [1.82, 2.24) is 0 Å². The molecule has 0 saturated carbocycles. The molecule has 2 aromatic carbocycles. The molecule has 2 rings (SSSR count). The molecular formula is C18H18O4S. The standard InChI is InChI=1S/C18H18O4S/c1-12-8-9-15(10-13(12)2)16(19)11-23(22)17(18(20)21)14-6-4-3-5-7-14/h3-10,17H,11H2,1-2H3,(H,20,21). The van der Waals surface area contributed by atoms with Crippen LogP contribution < -0.4 is 0 Å². The highest BCUT2D eigenvalue weighted by molar-refractivity contribution is 7.86. The number of hydrogen-bond donors (Lipinski definition) is 1. The predicted molar refractivity (Wildman–Crippen MR) is 90.1 cm³/mol. The Kier molecular flexibility index (Phi) is 5.45. The number of aryl methyl sites for hydroxylation is 2. The van der Waals surface area contributed by atoms with E-state index >= 15 is 0 Å². The number of carboxylic acid groups (broad SMARTS) is 1. The molecule has 0 spiro atoms. The van der Waals surface area contributed by atoms with Crippen molar-refractivity contribution in [3.05, 3.63) is 70.8 Å². The van der Waals surface area contributed by atoms with Gasteiger partial charge in [-0.25, -0.2) is 0 Å². The highest BCUT2D eigenvalue weighted by Gasteiger charge is 2.28. The van der Waals surface area contributed by atoms with Crippen molar-refractivity contribution in [2.24, 2.45) is 0 Å². The molecule has 0 aliphatic carbocycles. The molecule has 2 unspecified atom stereocenters. The molecule has 2 atom stereocenters. The third kappa shape index (κ3) is 4.13. The van der Waals surface area contributed by atoms with Gasteiger partial charge < -0.3 is 5.11 Å². The van der Waals surface area contributed by atoms with E-state index in [9.17, 15) is 18.9 Å². The van der Waals surface area contributed by atoms with Gasteiger partial charge in [-0.05, 0) is 36.6 Å². The summed E-state index contributed by atoms with van der Waals surface area (Å²) in [5.41, 5.74) is 2.93. The second kappa shape index (κ2) is 7.33. The quantitative estimate of drug-likeness (QED) is 0.826. The van der Waals surface area contributed by atoms with Gasteiger partial charge in [0.05, 0.1) is 5.75 Å². The lowest BCUT2D eigenvalue weighted by Gasteiger charge is -2.12. The number of benzene rings is 2. The molecule has 0 aromatic heterocycles. The van der Waals surface area contributed by atoms with Gasteiger partial charge in [0.15, 0.2) is 11.0 Å². The van der Waals surface area contributed by atoms with Gasteiger partial charge in [0.1, 0.15) is 0 Å². The van der Waals surface area contributed by atoms with Crippen molar-refractivity contribution in [3.8, 4) is 0 Å². The molecular weight excluding hydrogens is 312 g/mol. The number of carbonyl (C=O) groups excluding carboxylic acids is 1. The van der Waals surface area contributed by atoms with Crippen LogP contribution in [0.3, 0.4) is 0 Å². The van der Waals surface area contributed by atoms with Gasteiger partial charge in [-0.2, -0.15) is 0 Å². The lowest BCUT2D eigenvalue weighted by atomic mass is 10.0. The Morgan fingerprint density at radius 2 is 1.70 bits per heavy atom. The number of carboxylic acids is 1. The number of ketones is 1. The normalized spacial score (nSPS) is 13.3.